The van der Waals surface area contributed by atoms with Gasteiger partial charge in [-0.05, 0) is 62.1 Å². The van der Waals surface area contributed by atoms with Crippen LogP contribution < -0.4 is 10.7 Å². The van der Waals surface area contributed by atoms with Crippen LogP contribution in [0.2, 0.25) is 0 Å². The number of pyridine rings is 1. The second-order valence-electron chi connectivity index (χ2n) is 8.18. The summed E-state index contributed by atoms with van der Waals surface area (Å²) in [4.78, 5) is 17.5. The number of para-hydroxylation sites is 1. The molecule has 0 spiro atoms. The van der Waals surface area contributed by atoms with Crippen LogP contribution >= 0.6 is 11.5 Å². The largest absolute Gasteiger partial charge is 0.455 e. The lowest BCUT2D eigenvalue weighted by Crippen LogP contribution is -2.12. The lowest BCUT2D eigenvalue weighted by atomic mass is 9.98. The van der Waals surface area contributed by atoms with E-state index in [4.69, 9.17) is 4.42 Å². The molecule has 0 aliphatic heterocycles. The smallest absolute Gasteiger partial charge is 0.196 e. The maximum Gasteiger partial charge on any atom is 0.196 e. The lowest BCUT2D eigenvalue weighted by Gasteiger charge is -2.20. The normalized spacial score (nSPS) is 12.1. The van der Waals surface area contributed by atoms with Crippen LogP contribution in [0.25, 0.3) is 33.4 Å². The second kappa shape index (κ2) is 8.64. The zero-order chi connectivity index (χ0) is 22.9. The standard InChI is InChI=1S/C27H23N3O2S/c1-16-11-22(18(3)30-24-9-5-4-8-21(24)20-14-29-33-15-20)27-23(12-16)25(31)17(2)26(32-27)19-7-6-10-28-13-19/h4-15,18,30H,1-3H3/t18-/m1/s1. The van der Waals surface area contributed by atoms with Gasteiger partial charge in [0.2, 0.25) is 0 Å². The Bertz CT molecular complexity index is 1490. The lowest BCUT2D eigenvalue weighted by molar-refractivity contribution is 0.605. The van der Waals surface area contributed by atoms with E-state index in [0.717, 1.165) is 33.5 Å². The van der Waals surface area contributed by atoms with Gasteiger partial charge < -0.3 is 9.73 Å². The van der Waals surface area contributed by atoms with Gasteiger partial charge in [-0.1, -0.05) is 24.3 Å². The minimum absolute atomic E-state index is 0.0167. The molecule has 0 saturated carbocycles. The van der Waals surface area contributed by atoms with E-state index in [2.05, 4.69) is 39.8 Å². The summed E-state index contributed by atoms with van der Waals surface area (Å²) in [5.74, 6) is 0.558. The third-order valence-electron chi connectivity index (χ3n) is 5.82. The van der Waals surface area contributed by atoms with E-state index in [0.29, 0.717) is 22.3 Å². The van der Waals surface area contributed by atoms with Crippen LogP contribution in [0.15, 0.2) is 81.7 Å². The molecule has 3 aromatic heterocycles. The molecule has 5 aromatic rings. The summed E-state index contributed by atoms with van der Waals surface area (Å²) in [5, 5.41) is 6.26. The maximum atomic E-state index is 13.3. The first-order valence-corrected chi connectivity index (χ1v) is 11.6. The van der Waals surface area contributed by atoms with Gasteiger partial charge >= 0.3 is 0 Å². The summed E-state index contributed by atoms with van der Waals surface area (Å²) in [6.07, 6.45) is 5.30. The number of rotatable bonds is 5. The molecule has 5 rings (SSSR count). The summed E-state index contributed by atoms with van der Waals surface area (Å²) in [6.45, 7) is 5.90. The first-order valence-electron chi connectivity index (χ1n) is 10.8. The van der Waals surface area contributed by atoms with E-state index >= 15 is 0 Å². The highest BCUT2D eigenvalue weighted by Gasteiger charge is 2.19. The molecule has 33 heavy (non-hydrogen) atoms. The molecule has 0 unspecified atom stereocenters. The van der Waals surface area contributed by atoms with Crippen molar-refractivity contribution in [3.8, 4) is 22.5 Å². The number of fused-ring (bicyclic) bond motifs is 1. The van der Waals surface area contributed by atoms with Gasteiger partial charge in [-0.25, -0.2) is 4.37 Å². The minimum atomic E-state index is -0.104. The monoisotopic (exact) mass is 453 g/mol. The van der Waals surface area contributed by atoms with E-state index in [-0.39, 0.29) is 11.5 Å². The van der Waals surface area contributed by atoms with Crippen LogP contribution in [0.5, 0.6) is 0 Å². The molecule has 0 aliphatic carbocycles. The minimum Gasteiger partial charge on any atom is -0.455 e. The van der Waals surface area contributed by atoms with Gasteiger partial charge in [0, 0.05) is 57.5 Å². The van der Waals surface area contributed by atoms with E-state index < -0.39 is 0 Å². The highest BCUT2D eigenvalue weighted by molar-refractivity contribution is 7.03. The van der Waals surface area contributed by atoms with Crippen LogP contribution in [0.4, 0.5) is 5.69 Å². The molecule has 164 valence electrons. The first kappa shape index (κ1) is 21.1. The van der Waals surface area contributed by atoms with Gasteiger partial charge in [0.05, 0.1) is 11.4 Å². The number of hydrogen-bond donors (Lipinski definition) is 1. The average Bonchev–Trinajstić information content (AvgIpc) is 3.37. The summed E-state index contributed by atoms with van der Waals surface area (Å²) < 4.78 is 10.7. The van der Waals surface area contributed by atoms with Crippen LogP contribution in [0.3, 0.4) is 0 Å². The molecule has 3 heterocycles. The molecule has 0 fully saturated rings. The Morgan fingerprint density at radius 2 is 1.88 bits per heavy atom. The number of nitrogens with zero attached hydrogens (tertiary/aromatic N) is 2. The summed E-state index contributed by atoms with van der Waals surface area (Å²) >= 11 is 1.43. The molecule has 5 nitrogen and oxygen atoms in total. The third kappa shape index (κ3) is 3.94. The zero-order valence-corrected chi connectivity index (χ0v) is 19.4. The van der Waals surface area contributed by atoms with Gasteiger partial charge in [-0.3, -0.25) is 9.78 Å². The Labute approximate surface area is 195 Å². The Morgan fingerprint density at radius 1 is 1.03 bits per heavy atom. The average molecular weight is 454 g/mol. The van der Waals surface area contributed by atoms with Crippen LogP contribution in [0.1, 0.15) is 29.7 Å². The molecule has 2 aromatic carbocycles. The summed E-state index contributed by atoms with van der Waals surface area (Å²) in [5.41, 5.74) is 7.07. The fraction of sp³-hybridized carbons (Fsp3) is 0.148. The number of aromatic nitrogens is 2. The van der Waals surface area contributed by atoms with Crippen molar-refractivity contribution in [2.45, 2.75) is 26.8 Å². The van der Waals surface area contributed by atoms with Gasteiger partial charge in [0.15, 0.2) is 5.43 Å². The van der Waals surface area contributed by atoms with Crippen molar-refractivity contribution in [2.75, 3.05) is 5.32 Å². The second-order valence-corrected chi connectivity index (χ2v) is 8.84. The Balaban J connectivity index is 1.64. The van der Waals surface area contributed by atoms with Gasteiger partial charge in [0.1, 0.15) is 11.3 Å². The third-order valence-corrected chi connectivity index (χ3v) is 6.41. The van der Waals surface area contributed by atoms with Crippen molar-refractivity contribution in [1.29, 1.82) is 0 Å². The van der Waals surface area contributed by atoms with Crippen molar-refractivity contribution < 1.29 is 4.42 Å². The van der Waals surface area contributed by atoms with E-state index in [9.17, 15) is 4.79 Å². The fourth-order valence-corrected chi connectivity index (χ4v) is 4.71. The number of anilines is 1. The fourth-order valence-electron chi connectivity index (χ4n) is 4.17. The van der Waals surface area contributed by atoms with E-state index in [1.165, 1.54) is 11.5 Å². The number of nitrogens with one attached hydrogen (secondary N) is 1. The Morgan fingerprint density at radius 3 is 2.64 bits per heavy atom. The van der Waals surface area contributed by atoms with Crippen LogP contribution in [-0.4, -0.2) is 9.36 Å². The van der Waals surface area contributed by atoms with E-state index in [1.807, 2.05) is 55.8 Å². The maximum absolute atomic E-state index is 13.3. The predicted molar refractivity (Wildman–Crippen MR) is 135 cm³/mol. The van der Waals surface area contributed by atoms with Crippen molar-refractivity contribution in [3.05, 3.63) is 99.4 Å². The van der Waals surface area contributed by atoms with Gasteiger partial charge in [-0.2, -0.15) is 0 Å². The molecule has 0 saturated heterocycles. The summed E-state index contributed by atoms with van der Waals surface area (Å²) in [7, 11) is 0. The van der Waals surface area contributed by atoms with Gasteiger partial charge in [0.25, 0.3) is 0 Å². The molecule has 0 bridgehead atoms. The van der Waals surface area contributed by atoms with Gasteiger partial charge in [-0.15, -0.1) is 0 Å². The number of benzene rings is 2. The summed E-state index contributed by atoms with van der Waals surface area (Å²) in [6, 6.07) is 15.8. The molecule has 1 N–H and O–H groups in total. The SMILES string of the molecule is Cc1cc([C@@H](C)Nc2ccccc2-c2cnsc2)c2oc(-c3cccnc3)c(C)c(=O)c2c1. The highest BCUT2D eigenvalue weighted by atomic mass is 32.1. The van der Waals surface area contributed by atoms with Crippen LogP contribution in [0, 0.1) is 13.8 Å². The highest BCUT2D eigenvalue weighted by Crippen LogP contribution is 2.34. The number of aryl methyl sites for hydroxylation is 1. The molecular weight excluding hydrogens is 430 g/mol. The van der Waals surface area contributed by atoms with Crippen LogP contribution in [-0.2, 0) is 0 Å². The number of hydrogen-bond acceptors (Lipinski definition) is 6. The van der Waals surface area contributed by atoms with Crippen molar-refractivity contribution in [3.63, 3.8) is 0 Å². The molecule has 1 atom stereocenters. The van der Waals surface area contributed by atoms with Crippen molar-refractivity contribution in [1.82, 2.24) is 9.36 Å². The zero-order valence-electron chi connectivity index (χ0n) is 18.6. The first-order chi connectivity index (χ1) is 16.0. The predicted octanol–water partition coefficient (Wildman–Crippen LogP) is 6.77. The van der Waals surface area contributed by atoms with Crippen molar-refractivity contribution in [2.24, 2.45) is 0 Å². The molecule has 0 radical (unpaired) electrons. The molecule has 0 amide bonds. The molecule has 0 aliphatic rings. The topological polar surface area (TPSA) is 68.0 Å². The molecule has 6 heteroatoms. The quantitative estimate of drug-likeness (QED) is 0.318. The Hall–Kier alpha value is -3.77. The Kier molecular flexibility index (Phi) is 5.52. The van der Waals surface area contributed by atoms with E-state index in [1.54, 1.807) is 12.4 Å². The molecular formula is C27H23N3O2S. The van der Waals surface area contributed by atoms with Crippen molar-refractivity contribution >= 4 is 28.2 Å².